The minimum Gasteiger partial charge on any atom is -0.497 e. The normalized spacial score (nSPS) is 26.0. The first-order valence-corrected chi connectivity index (χ1v) is 28.5. The van der Waals surface area contributed by atoms with Crippen LogP contribution in [-0.2, 0) is 30.4 Å². The minimum absolute atomic E-state index is 0.0570. The topological polar surface area (TPSA) is 132 Å². The Labute approximate surface area is 437 Å². The molecular weight excluding hydrogens is 903 g/mol. The Morgan fingerprint density at radius 2 is 1.42 bits per heavy atom. The third kappa shape index (κ3) is 16.9. The molecule has 4 aliphatic rings. The number of amides is 3. The predicted molar refractivity (Wildman–Crippen MR) is 289 cm³/mol. The van der Waals surface area contributed by atoms with Crippen LogP contribution in [0.1, 0.15) is 218 Å². The Hall–Kier alpha value is -3.76. The number of nitrogens with one attached hydrogen (secondary N) is 2. The molecule has 0 unspecified atom stereocenters. The second kappa shape index (κ2) is 25.7. The first-order chi connectivity index (χ1) is 33.7. The highest BCUT2D eigenvalue weighted by atomic mass is 16.6. The van der Waals surface area contributed by atoms with Crippen molar-refractivity contribution in [1.82, 2.24) is 15.5 Å². The van der Waals surface area contributed by atoms with E-state index in [4.69, 9.17) is 18.9 Å². The summed E-state index contributed by atoms with van der Waals surface area (Å²) in [7, 11) is 1.62. The molecule has 3 fully saturated rings. The number of hydrogen-bond acceptors (Lipinski definition) is 8. The monoisotopic (exact) mass is 1000 g/mol. The lowest BCUT2D eigenvalue weighted by atomic mass is 9.47. The molecule has 0 heterocycles. The van der Waals surface area contributed by atoms with Gasteiger partial charge >= 0.3 is 18.2 Å². The number of allylic oxidation sites excluding steroid dienone is 1. The van der Waals surface area contributed by atoms with Crippen LogP contribution in [-0.4, -0.2) is 71.9 Å². The Bertz CT molecular complexity index is 1950. The van der Waals surface area contributed by atoms with Crippen LogP contribution >= 0.6 is 0 Å². The number of benzene rings is 1. The van der Waals surface area contributed by atoms with Crippen molar-refractivity contribution >= 4 is 24.1 Å². The summed E-state index contributed by atoms with van der Waals surface area (Å²) in [5.74, 6) is 5.85. The zero-order valence-corrected chi connectivity index (χ0v) is 47.8. The molecule has 0 bridgehead atoms. The first kappa shape index (κ1) is 59.1. The molecule has 1 aromatic carbocycles. The number of hydrogen-bond donors (Lipinski definition) is 2. The van der Waals surface area contributed by atoms with Crippen molar-refractivity contribution in [2.45, 2.75) is 241 Å². The van der Waals surface area contributed by atoms with E-state index < -0.39 is 28.9 Å². The van der Waals surface area contributed by atoms with Gasteiger partial charge in [-0.1, -0.05) is 104 Å². The van der Waals surface area contributed by atoms with Crippen molar-refractivity contribution in [3.05, 3.63) is 41.5 Å². The van der Waals surface area contributed by atoms with Crippen LogP contribution in [0.4, 0.5) is 9.59 Å². The van der Waals surface area contributed by atoms with Gasteiger partial charge in [-0.25, -0.2) is 9.59 Å². The maximum absolute atomic E-state index is 13.9. The molecular formula is C61H101N3O8. The molecule has 9 atom stereocenters. The number of fused-ring (bicyclic) bond motifs is 5. The number of rotatable bonds is 25. The van der Waals surface area contributed by atoms with Gasteiger partial charge in [-0.15, -0.1) is 0 Å². The molecule has 11 heteroatoms. The molecule has 2 N–H and O–H groups in total. The lowest BCUT2D eigenvalue weighted by Gasteiger charge is -2.58. The molecule has 0 saturated heterocycles. The standard InChI is InChI=1S/C61H101N3O8/c1-42(2)43(3)20-21-44(4)50-28-29-51-49-27-24-46-40-48(32-35-60(46,12)52(49)33-36-61(50,51)13)71-54(66)31-30-53(65)64(39-37-59(10,11)63-56(68)72-57(5,6)7)38-19-17-15-16-18-34-58(8,9)62-55(67)70-41-45-22-25-47(69-14)26-23-45/h22-26,42-44,48-52H,15-21,27-41H2,1-14H3,(H,62,67)(H,63,68)/t43-,44-,48+,49+,50-,51+,52+,60+,61-/m1/s1. The van der Waals surface area contributed by atoms with Crippen molar-refractivity contribution in [2.75, 3.05) is 20.2 Å². The summed E-state index contributed by atoms with van der Waals surface area (Å²) < 4.78 is 22.4. The van der Waals surface area contributed by atoms with Crippen LogP contribution in [0.5, 0.6) is 5.75 Å². The molecule has 0 aliphatic heterocycles. The van der Waals surface area contributed by atoms with Gasteiger partial charge in [0.15, 0.2) is 0 Å². The first-order valence-electron chi connectivity index (χ1n) is 28.5. The molecule has 0 spiro atoms. The molecule has 3 saturated carbocycles. The number of alkyl carbamates (subject to hydrolysis) is 2. The predicted octanol–water partition coefficient (Wildman–Crippen LogP) is 14.5. The van der Waals surface area contributed by atoms with Crippen LogP contribution in [0.25, 0.3) is 0 Å². The SMILES string of the molecule is COc1ccc(COC(=O)NC(C)(C)CCCCCCCN(CCC(C)(C)NC(=O)OC(C)(C)C)C(=O)CCC(=O)O[C@H]2CC[C@@]3(C)C(=CC[C@H]4[C@@H]5CC[C@H]([C@H](C)CC[C@@H](C)C(C)C)[C@@]5(C)CC[C@@H]43)C2)cc1. The highest BCUT2D eigenvalue weighted by molar-refractivity contribution is 5.81. The van der Waals surface area contributed by atoms with E-state index in [9.17, 15) is 19.2 Å². The van der Waals surface area contributed by atoms with Gasteiger partial charge in [0, 0.05) is 37.0 Å². The summed E-state index contributed by atoms with van der Waals surface area (Å²) in [6.45, 7) is 29.6. The number of carbonyl (C=O) groups is 4. The number of ether oxygens (including phenoxy) is 4. The van der Waals surface area contributed by atoms with E-state index in [2.05, 4.69) is 58.3 Å². The van der Waals surface area contributed by atoms with E-state index in [-0.39, 0.29) is 42.8 Å². The van der Waals surface area contributed by atoms with Crippen molar-refractivity contribution in [2.24, 2.45) is 52.3 Å². The van der Waals surface area contributed by atoms with Gasteiger partial charge in [0.2, 0.25) is 5.91 Å². The van der Waals surface area contributed by atoms with Crippen molar-refractivity contribution in [1.29, 1.82) is 0 Å². The summed E-state index contributed by atoms with van der Waals surface area (Å²) in [4.78, 5) is 54.6. The van der Waals surface area contributed by atoms with Crippen LogP contribution in [0.15, 0.2) is 35.9 Å². The fourth-order valence-electron chi connectivity index (χ4n) is 13.4. The van der Waals surface area contributed by atoms with E-state index in [0.29, 0.717) is 30.8 Å². The number of unbranched alkanes of at least 4 members (excludes halogenated alkanes) is 4. The van der Waals surface area contributed by atoms with Gasteiger partial charge in [-0.05, 0) is 183 Å². The summed E-state index contributed by atoms with van der Waals surface area (Å²) in [6, 6.07) is 7.44. The molecule has 3 amide bonds. The summed E-state index contributed by atoms with van der Waals surface area (Å²) in [5.41, 5.74) is 1.37. The quantitative estimate of drug-likeness (QED) is 0.0428. The van der Waals surface area contributed by atoms with Crippen LogP contribution in [0.3, 0.4) is 0 Å². The highest BCUT2D eigenvalue weighted by Gasteiger charge is 2.59. The van der Waals surface area contributed by atoms with Gasteiger partial charge in [-0.3, -0.25) is 9.59 Å². The fourth-order valence-corrected chi connectivity index (χ4v) is 13.4. The lowest BCUT2D eigenvalue weighted by molar-refractivity contribution is -0.153. The van der Waals surface area contributed by atoms with E-state index in [1.165, 1.54) is 44.1 Å². The largest absolute Gasteiger partial charge is 0.497 e. The molecule has 11 nitrogen and oxygen atoms in total. The Kier molecular flexibility index (Phi) is 21.1. The number of esters is 1. The Morgan fingerprint density at radius 1 is 0.750 bits per heavy atom. The maximum atomic E-state index is 13.9. The second-order valence-electron chi connectivity index (χ2n) is 26.2. The number of carbonyl (C=O) groups excluding carboxylic acids is 4. The van der Waals surface area contributed by atoms with Crippen molar-refractivity contribution in [3.63, 3.8) is 0 Å². The van der Waals surface area contributed by atoms with E-state index in [0.717, 1.165) is 111 Å². The van der Waals surface area contributed by atoms with Crippen LogP contribution < -0.4 is 15.4 Å². The molecule has 72 heavy (non-hydrogen) atoms. The number of nitrogens with zero attached hydrogens (tertiary/aromatic N) is 1. The molecule has 0 aromatic heterocycles. The van der Waals surface area contributed by atoms with Crippen molar-refractivity contribution in [3.8, 4) is 5.75 Å². The lowest BCUT2D eigenvalue weighted by Crippen LogP contribution is -2.51. The second-order valence-corrected chi connectivity index (χ2v) is 26.2. The zero-order chi connectivity index (χ0) is 53.1. The summed E-state index contributed by atoms with van der Waals surface area (Å²) >= 11 is 0. The van der Waals surface area contributed by atoms with Crippen LogP contribution in [0, 0.1) is 52.3 Å². The van der Waals surface area contributed by atoms with Crippen molar-refractivity contribution < 1.29 is 38.1 Å². The van der Waals surface area contributed by atoms with Gasteiger partial charge < -0.3 is 34.5 Å². The fraction of sp³-hybridized carbons (Fsp3) is 0.803. The summed E-state index contributed by atoms with van der Waals surface area (Å²) in [5, 5.41) is 5.99. The molecule has 1 aromatic rings. The average Bonchev–Trinajstić information content (AvgIpc) is 3.66. The third-order valence-corrected chi connectivity index (χ3v) is 18.3. The molecule has 4 aliphatic carbocycles. The Morgan fingerprint density at radius 3 is 2.10 bits per heavy atom. The van der Waals surface area contributed by atoms with Gasteiger partial charge in [0.25, 0.3) is 0 Å². The van der Waals surface area contributed by atoms with E-state index in [1.807, 2.05) is 77.6 Å². The molecule has 5 rings (SSSR count). The zero-order valence-electron chi connectivity index (χ0n) is 47.8. The minimum atomic E-state index is -0.622. The van der Waals surface area contributed by atoms with E-state index in [1.54, 1.807) is 7.11 Å². The van der Waals surface area contributed by atoms with Gasteiger partial charge in [0.05, 0.1) is 13.5 Å². The summed E-state index contributed by atoms with van der Waals surface area (Å²) in [6.07, 6.45) is 19.8. The molecule has 0 radical (unpaired) electrons. The van der Waals surface area contributed by atoms with Crippen LogP contribution in [0.2, 0.25) is 0 Å². The third-order valence-electron chi connectivity index (χ3n) is 18.3. The Balaban J connectivity index is 1.08. The highest BCUT2D eigenvalue weighted by Crippen LogP contribution is 2.67. The molecule has 408 valence electrons. The van der Waals surface area contributed by atoms with E-state index >= 15 is 0 Å². The van der Waals surface area contributed by atoms with Gasteiger partial charge in [-0.2, -0.15) is 0 Å². The smallest absolute Gasteiger partial charge is 0.408 e. The maximum Gasteiger partial charge on any atom is 0.408 e. The van der Waals surface area contributed by atoms with Gasteiger partial charge in [0.1, 0.15) is 24.1 Å². The number of methoxy groups -OCH3 is 1. The average molecular weight is 1000 g/mol.